The largest absolute Gasteiger partial charge is 0.360 e. The summed E-state index contributed by atoms with van der Waals surface area (Å²) in [5.74, 6) is -0.539. The molecule has 0 radical (unpaired) electrons. The van der Waals surface area contributed by atoms with Crippen molar-refractivity contribution >= 4 is 21.6 Å². The summed E-state index contributed by atoms with van der Waals surface area (Å²) in [6, 6.07) is 21.0. The van der Waals surface area contributed by atoms with Gasteiger partial charge in [0.15, 0.2) is 0 Å². The van der Waals surface area contributed by atoms with Crippen LogP contribution >= 0.6 is 0 Å². The van der Waals surface area contributed by atoms with Gasteiger partial charge < -0.3 is 5.32 Å². The third-order valence-corrected chi connectivity index (χ3v) is 6.59. The Morgan fingerprint density at radius 3 is 2.18 bits per heavy atom. The van der Waals surface area contributed by atoms with Crippen molar-refractivity contribution in [1.29, 1.82) is 0 Å². The zero-order chi connectivity index (χ0) is 19.9. The molecule has 6 heteroatoms. The van der Waals surface area contributed by atoms with Crippen LogP contribution in [0.15, 0.2) is 77.7 Å². The number of hydrogen-bond acceptors (Lipinski definition) is 4. The predicted octanol–water partition coefficient (Wildman–Crippen LogP) is 4.26. The highest BCUT2D eigenvalue weighted by Crippen LogP contribution is 2.37. The number of sulfonamides is 1. The Morgan fingerprint density at radius 1 is 0.857 bits per heavy atom. The van der Waals surface area contributed by atoms with Gasteiger partial charge in [-0.15, -0.1) is 0 Å². The number of aryl methyl sites for hydroxylation is 2. The highest BCUT2D eigenvalue weighted by Gasteiger charge is 2.41. The van der Waals surface area contributed by atoms with Gasteiger partial charge in [0, 0.05) is 5.69 Å². The lowest BCUT2D eigenvalue weighted by molar-refractivity contribution is 0.0821. The molecule has 0 aromatic heterocycles. The van der Waals surface area contributed by atoms with Crippen LogP contribution in [0.2, 0.25) is 0 Å². The van der Waals surface area contributed by atoms with Gasteiger partial charge in [-0.05, 0) is 49.2 Å². The maximum Gasteiger partial charge on any atom is 0.271 e. The number of nitrogens with one attached hydrogen (secondary N) is 1. The fourth-order valence-electron chi connectivity index (χ4n) is 3.33. The van der Waals surface area contributed by atoms with E-state index in [0.717, 1.165) is 15.4 Å². The van der Waals surface area contributed by atoms with E-state index in [0.29, 0.717) is 16.8 Å². The quantitative estimate of drug-likeness (QED) is 0.723. The summed E-state index contributed by atoms with van der Waals surface area (Å²) in [4.78, 5) is 13.4. The van der Waals surface area contributed by atoms with Crippen LogP contribution in [0, 0.1) is 13.8 Å². The lowest BCUT2D eigenvalue weighted by Crippen LogP contribution is -2.46. The first-order valence-electron chi connectivity index (χ1n) is 8.95. The summed E-state index contributed by atoms with van der Waals surface area (Å²) >= 11 is 0. The predicted molar refractivity (Wildman–Crippen MR) is 109 cm³/mol. The zero-order valence-corrected chi connectivity index (χ0v) is 16.4. The van der Waals surface area contributed by atoms with Gasteiger partial charge in [-0.3, -0.25) is 4.79 Å². The molecule has 1 amide bonds. The minimum absolute atomic E-state index is 0.0877. The highest BCUT2D eigenvalue weighted by atomic mass is 32.2. The first kappa shape index (κ1) is 18.3. The molecule has 3 aromatic rings. The van der Waals surface area contributed by atoms with Crippen molar-refractivity contribution in [3.63, 3.8) is 0 Å². The monoisotopic (exact) mass is 392 g/mol. The third kappa shape index (κ3) is 3.05. The van der Waals surface area contributed by atoms with Gasteiger partial charge in [-0.2, -0.15) is 0 Å². The zero-order valence-electron chi connectivity index (χ0n) is 15.6. The van der Waals surface area contributed by atoms with Crippen molar-refractivity contribution < 1.29 is 13.2 Å². The van der Waals surface area contributed by atoms with Gasteiger partial charge in [-0.25, -0.2) is 12.7 Å². The van der Waals surface area contributed by atoms with E-state index in [1.807, 2.05) is 50.2 Å². The van der Waals surface area contributed by atoms with Crippen molar-refractivity contribution in [2.75, 3.05) is 5.32 Å². The van der Waals surface area contributed by atoms with Crippen LogP contribution in [0.4, 0.5) is 5.69 Å². The Kier molecular flexibility index (Phi) is 4.43. The summed E-state index contributed by atoms with van der Waals surface area (Å²) in [5.41, 5.74) is 3.60. The second-order valence-corrected chi connectivity index (χ2v) is 8.74. The normalized spacial score (nSPS) is 16.4. The SMILES string of the molecule is Cc1ccc(S(=O)(=O)N2C(=O)c3ccc(C)cc3NC2c2ccccc2)cc1. The molecule has 0 saturated heterocycles. The third-order valence-electron chi connectivity index (χ3n) is 4.83. The molecule has 1 N–H and O–H groups in total. The summed E-state index contributed by atoms with van der Waals surface area (Å²) in [5, 5.41) is 3.25. The number of benzene rings is 3. The first-order valence-corrected chi connectivity index (χ1v) is 10.4. The van der Waals surface area contributed by atoms with Crippen molar-refractivity contribution in [2.24, 2.45) is 0 Å². The van der Waals surface area contributed by atoms with Crippen LogP contribution in [-0.4, -0.2) is 18.6 Å². The lowest BCUT2D eigenvalue weighted by atomic mass is 10.0. The molecule has 0 aliphatic carbocycles. The van der Waals surface area contributed by atoms with Gasteiger partial charge in [0.1, 0.15) is 6.17 Å². The highest BCUT2D eigenvalue weighted by molar-refractivity contribution is 7.89. The maximum atomic E-state index is 13.4. The summed E-state index contributed by atoms with van der Waals surface area (Å²) < 4.78 is 27.8. The number of anilines is 1. The van der Waals surface area contributed by atoms with Crippen LogP contribution in [0.3, 0.4) is 0 Å². The molecule has 1 unspecified atom stereocenters. The Hall–Kier alpha value is -3.12. The summed E-state index contributed by atoms with van der Waals surface area (Å²) in [6.45, 7) is 3.81. The number of carbonyl (C=O) groups is 1. The molecule has 1 aliphatic heterocycles. The van der Waals surface area contributed by atoms with Crippen molar-refractivity contribution in [2.45, 2.75) is 24.9 Å². The number of rotatable bonds is 3. The Morgan fingerprint density at radius 2 is 1.50 bits per heavy atom. The van der Waals surface area contributed by atoms with E-state index in [4.69, 9.17) is 0 Å². The average Bonchev–Trinajstić information content (AvgIpc) is 2.68. The minimum Gasteiger partial charge on any atom is -0.360 e. The first-order chi connectivity index (χ1) is 13.4. The molecule has 0 saturated carbocycles. The van der Waals surface area contributed by atoms with Crippen LogP contribution in [-0.2, 0) is 10.0 Å². The molecule has 3 aromatic carbocycles. The smallest absolute Gasteiger partial charge is 0.271 e. The number of hydrogen-bond donors (Lipinski definition) is 1. The second-order valence-electron chi connectivity index (χ2n) is 6.93. The fraction of sp³-hybridized carbons (Fsp3) is 0.136. The number of carbonyl (C=O) groups excluding carboxylic acids is 1. The molecule has 1 atom stereocenters. The van der Waals surface area contributed by atoms with Crippen molar-refractivity contribution in [3.8, 4) is 0 Å². The molecule has 4 rings (SSSR count). The molecule has 0 bridgehead atoms. The minimum atomic E-state index is -4.06. The van der Waals surface area contributed by atoms with Gasteiger partial charge in [0.05, 0.1) is 10.5 Å². The van der Waals surface area contributed by atoms with Gasteiger partial charge >= 0.3 is 0 Å². The molecular formula is C22H20N2O3S. The number of amides is 1. The maximum absolute atomic E-state index is 13.4. The molecule has 142 valence electrons. The van der Waals surface area contributed by atoms with Crippen molar-refractivity contribution in [1.82, 2.24) is 4.31 Å². The van der Waals surface area contributed by atoms with E-state index < -0.39 is 22.1 Å². The van der Waals surface area contributed by atoms with E-state index in [9.17, 15) is 13.2 Å². The van der Waals surface area contributed by atoms with E-state index in [1.54, 1.807) is 24.3 Å². The molecule has 1 heterocycles. The van der Waals surface area contributed by atoms with Gasteiger partial charge in [-0.1, -0.05) is 54.1 Å². The van der Waals surface area contributed by atoms with Crippen molar-refractivity contribution in [3.05, 3.63) is 95.1 Å². The van der Waals surface area contributed by atoms with Gasteiger partial charge in [0.25, 0.3) is 15.9 Å². The van der Waals surface area contributed by atoms with Crippen LogP contribution in [0.1, 0.15) is 33.2 Å². The van der Waals surface area contributed by atoms with E-state index >= 15 is 0 Å². The fourth-order valence-corrected chi connectivity index (χ4v) is 4.81. The average molecular weight is 392 g/mol. The molecular weight excluding hydrogens is 372 g/mol. The van der Waals surface area contributed by atoms with Crippen LogP contribution < -0.4 is 5.32 Å². The number of nitrogens with zero attached hydrogens (tertiary/aromatic N) is 1. The van der Waals surface area contributed by atoms with E-state index in [-0.39, 0.29) is 4.90 Å². The summed E-state index contributed by atoms with van der Waals surface area (Å²) in [6.07, 6.45) is -0.825. The van der Waals surface area contributed by atoms with Crippen LogP contribution in [0.5, 0.6) is 0 Å². The number of fused-ring (bicyclic) bond motifs is 1. The van der Waals surface area contributed by atoms with E-state index in [2.05, 4.69) is 5.32 Å². The molecule has 1 aliphatic rings. The second kappa shape index (κ2) is 6.80. The van der Waals surface area contributed by atoms with E-state index in [1.165, 1.54) is 12.1 Å². The Labute approximate surface area is 164 Å². The molecule has 0 fully saturated rings. The summed E-state index contributed by atoms with van der Waals surface area (Å²) in [7, 11) is -4.06. The molecule has 28 heavy (non-hydrogen) atoms. The van der Waals surface area contributed by atoms with Crippen LogP contribution in [0.25, 0.3) is 0 Å². The molecule has 0 spiro atoms. The lowest BCUT2D eigenvalue weighted by Gasteiger charge is -2.37. The van der Waals surface area contributed by atoms with Gasteiger partial charge in [0.2, 0.25) is 0 Å². The Bertz CT molecular complexity index is 1140. The standard InChI is InChI=1S/C22H20N2O3S/c1-15-8-11-18(12-9-15)28(26,27)24-21(17-6-4-3-5-7-17)23-20-14-16(2)10-13-19(20)22(24)25/h3-14,21,23H,1-2H3. The topological polar surface area (TPSA) is 66.5 Å². The molecule has 5 nitrogen and oxygen atoms in total. The Balaban J connectivity index is 1.90.